The summed E-state index contributed by atoms with van der Waals surface area (Å²) in [7, 11) is 0. The number of fused-ring (bicyclic) bond motifs is 1. The van der Waals surface area contributed by atoms with Gasteiger partial charge >= 0.3 is 0 Å². The molecule has 6 nitrogen and oxygen atoms in total. The predicted octanol–water partition coefficient (Wildman–Crippen LogP) is 2.76. The topological polar surface area (TPSA) is 63.9 Å². The molecule has 3 aromatic rings. The van der Waals surface area contributed by atoms with Crippen LogP contribution in [-0.4, -0.2) is 37.1 Å². The van der Waals surface area contributed by atoms with Crippen LogP contribution in [0.3, 0.4) is 0 Å². The lowest BCUT2D eigenvalue weighted by atomic mass is 10.1. The lowest BCUT2D eigenvalue weighted by Gasteiger charge is -2.32. The molecule has 1 aliphatic heterocycles. The van der Waals surface area contributed by atoms with E-state index in [1.54, 1.807) is 11.1 Å². The van der Waals surface area contributed by atoms with Crippen LogP contribution in [0.2, 0.25) is 0 Å². The Kier molecular flexibility index (Phi) is 4.39. The van der Waals surface area contributed by atoms with Crippen molar-refractivity contribution in [3.63, 3.8) is 0 Å². The molecular formula is C19H17F2N5O. The van der Waals surface area contributed by atoms with E-state index in [9.17, 15) is 13.6 Å². The number of halogens is 2. The van der Waals surface area contributed by atoms with E-state index in [1.165, 1.54) is 12.1 Å². The fourth-order valence-electron chi connectivity index (χ4n) is 3.35. The van der Waals surface area contributed by atoms with Crippen molar-refractivity contribution < 1.29 is 13.6 Å². The fourth-order valence-corrected chi connectivity index (χ4v) is 3.35. The first kappa shape index (κ1) is 17.3. The maximum Gasteiger partial charge on any atom is 0.227 e. The second kappa shape index (κ2) is 6.86. The number of hydrogen-bond acceptors (Lipinski definition) is 4. The first-order valence-electron chi connectivity index (χ1n) is 8.60. The highest BCUT2D eigenvalue weighted by atomic mass is 19.2. The van der Waals surface area contributed by atoms with E-state index in [1.807, 2.05) is 29.7 Å². The van der Waals surface area contributed by atoms with Crippen LogP contribution in [0.4, 0.5) is 8.78 Å². The summed E-state index contributed by atoms with van der Waals surface area (Å²) in [4.78, 5) is 18.5. The van der Waals surface area contributed by atoms with Gasteiger partial charge in [-0.05, 0) is 25.1 Å². The average molecular weight is 369 g/mol. The average Bonchev–Trinajstić information content (AvgIpc) is 3.11. The number of aromatic nitrogens is 4. The van der Waals surface area contributed by atoms with Crippen molar-refractivity contribution >= 4 is 5.91 Å². The number of pyridine rings is 1. The number of carbonyl (C=O) groups is 1. The third kappa shape index (κ3) is 3.18. The Labute approximate surface area is 154 Å². The molecule has 0 unspecified atom stereocenters. The van der Waals surface area contributed by atoms with Gasteiger partial charge in [0.1, 0.15) is 5.69 Å². The van der Waals surface area contributed by atoms with Crippen molar-refractivity contribution in [1.29, 1.82) is 0 Å². The lowest BCUT2D eigenvalue weighted by Crippen LogP contribution is -2.41. The number of carbonyl (C=O) groups excluding carboxylic acids is 1. The summed E-state index contributed by atoms with van der Waals surface area (Å²) < 4.78 is 29.2. The van der Waals surface area contributed by atoms with E-state index < -0.39 is 11.6 Å². The van der Waals surface area contributed by atoms with E-state index in [2.05, 4.69) is 15.2 Å². The van der Waals surface area contributed by atoms with Gasteiger partial charge in [-0.25, -0.2) is 8.78 Å². The Bertz CT molecular complexity index is 989. The Hall–Kier alpha value is -3.16. The van der Waals surface area contributed by atoms with Gasteiger partial charge in [-0.2, -0.15) is 0 Å². The van der Waals surface area contributed by atoms with E-state index in [0.717, 1.165) is 6.07 Å². The molecule has 1 amide bonds. The predicted molar refractivity (Wildman–Crippen MR) is 93.4 cm³/mol. The van der Waals surface area contributed by atoms with Crippen LogP contribution in [0, 0.1) is 11.6 Å². The fraction of sp³-hybridized carbons (Fsp3) is 0.263. The minimum absolute atomic E-state index is 0.0499. The van der Waals surface area contributed by atoms with Crippen LogP contribution in [0.15, 0.2) is 42.6 Å². The molecule has 0 aliphatic carbocycles. The number of hydrogen-bond donors (Lipinski definition) is 0. The zero-order chi connectivity index (χ0) is 19.0. The summed E-state index contributed by atoms with van der Waals surface area (Å²) in [5.41, 5.74) is 0.763. The van der Waals surface area contributed by atoms with E-state index in [0.29, 0.717) is 23.9 Å². The highest BCUT2D eigenvalue weighted by Crippen LogP contribution is 2.27. The van der Waals surface area contributed by atoms with Gasteiger partial charge in [0, 0.05) is 18.3 Å². The molecule has 2 aromatic heterocycles. The van der Waals surface area contributed by atoms with Crippen LogP contribution < -0.4 is 0 Å². The molecule has 0 bridgehead atoms. The summed E-state index contributed by atoms with van der Waals surface area (Å²) in [6, 6.07) is 9.35. The molecule has 3 heterocycles. The summed E-state index contributed by atoms with van der Waals surface area (Å²) in [5.74, 6) is -0.910. The maximum atomic E-state index is 13.9. The molecule has 1 aliphatic rings. The second-order valence-electron chi connectivity index (χ2n) is 6.54. The standard InChI is InChI=1S/C19H17F2N5O/c1-12-10-25(17(27)9-13-5-4-6-14(20)18(13)21)11-16-23-24-19(26(12)16)15-7-2-3-8-22-15/h2-8,12H,9-11H2,1H3/t12-/m0/s1. The first-order chi connectivity index (χ1) is 13.0. The van der Waals surface area contributed by atoms with Crippen molar-refractivity contribution in [2.75, 3.05) is 6.54 Å². The van der Waals surface area contributed by atoms with Crippen LogP contribution in [0.25, 0.3) is 11.5 Å². The van der Waals surface area contributed by atoms with Crippen molar-refractivity contribution in [3.8, 4) is 11.5 Å². The number of benzene rings is 1. The Morgan fingerprint density at radius 2 is 2.04 bits per heavy atom. The molecule has 4 rings (SSSR count). The molecule has 0 saturated carbocycles. The van der Waals surface area contributed by atoms with Crippen molar-refractivity contribution in [3.05, 3.63) is 65.6 Å². The van der Waals surface area contributed by atoms with Crippen molar-refractivity contribution in [2.24, 2.45) is 0 Å². The largest absolute Gasteiger partial charge is 0.333 e. The Morgan fingerprint density at radius 1 is 1.19 bits per heavy atom. The van der Waals surface area contributed by atoms with Gasteiger partial charge in [0.15, 0.2) is 23.3 Å². The summed E-state index contributed by atoms with van der Waals surface area (Å²) in [5, 5.41) is 8.42. The van der Waals surface area contributed by atoms with Gasteiger partial charge in [0.25, 0.3) is 0 Å². The molecular weight excluding hydrogens is 352 g/mol. The number of rotatable bonds is 3. The van der Waals surface area contributed by atoms with Gasteiger partial charge in [0.2, 0.25) is 5.91 Å². The quantitative estimate of drug-likeness (QED) is 0.712. The molecule has 8 heteroatoms. The summed E-state index contributed by atoms with van der Waals surface area (Å²) in [6.07, 6.45) is 1.49. The zero-order valence-electron chi connectivity index (χ0n) is 14.6. The van der Waals surface area contributed by atoms with Crippen molar-refractivity contribution in [1.82, 2.24) is 24.6 Å². The molecule has 1 atom stereocenters. The van der Waals surface area contributed by atoms with Crippen LogP contribution in [0.1, 0.15) is 24.4 Å². The van der Waals surface area contributed by atoms with Gasteiger partial charge in [0.05, 0.1) is 19.0 Å². The van der Waals surface area contributed by atoms with Crippen LogP contribution in [0.5, 0.6) is 0 Å². The van der Waals surface area contributed by atoms with Crippen LogP contribution >= 0.6 is 0 Å². The lowest BCUT2D eigenvalue weighted by molar-refractivity contribution is -0.132. The summed E-state index contributed by atoms with van der Waals surface area (Å²) in [6.45, 7) is 2.65. The SMILES string of the molecule is C[C@H]1CN(C(=O)Cc2cccc(F)c2F)Cc2nnc(-c3ccccn3)n21. The van der Waals surface area contributed by atoms with E-state index in [4.69, 9.17) is 0 Å². The second-order valence-corrected chi connectivity index (χ2v) is 6.54. The Balaban J connectivity index is 1.56. The normalized spacial score (nSPS) is 16.3. The van der Waals surface area contributed by atoms with E-state index >= 15 is 0 Å². The molecule has 138 valence electrons. The molecule has 0 radical (unpaired) electrons. The highest BCUT2D eigenvalue weighted by Gasteiger charge is 2.30. The zero-order valence-corrected chi connectivity index (χ0v) is 14.6. The van der Waals surface area contributed by atoms with Gasteiger partial charge in [-0.3, -0.25) is 9.78 Å². The molecule has 27 heavy (non-hydrogen) atoms. The molecule has 0 spiro atoms. The highest BCUT2D eigenvalue weighted by molar-refractivity contribution is 5.79. The van der Waals surface area contributed by atoms with Crippen LogP contribution in [-0.2, 0) is 17.8 Å². The third-order valence-electron chi connectivity index (χ3n) is 4.64. The summed E-state index contributed by atoms with van der Waals surface area (Å²) >= 11 is 0. The van der Waals surface area contributed by atoms with Gasteiger partial charge in [-0.1, -0.05) is 18.2 Å². The van der Waals surface area contributed by atoms with Gasteiger partial charge in [-0.15, -0.1) is 10.2 Å². The molecule has 0 N–H and O–H groups in total. The van der Waals surface area contributed by atoms with Crippen molar-refractivity contribution in [2.45, 2.75) is 25.9 Å². The third-order valence-corrected chi connectivity index (χ3v) is 4.64. The molecule has 0 saturated heterocycles. The minimum atomic E-state index is -0.975. The number of nitrogens with zero attached hydrogens (tertiary/aromatic N) is 5. The maximum absolute atomic E-state index is 13.9. The number of amides is 1. The monoisotopic (exact) mass is 369 g/mol. The first-order valence-corrected chi connectivity index (χ1v) is 8.60. The molecule has 1 aromatic carbocycles. The molecule has 0 fully saturated rings. The van der Waals surface area contributed by atoms with Gasteiger partial charge < -0.3 is 9.47 Å². The Morgan fingerprint density at radius 3 is 2.81 bits per heavy atom. The smallest absolute Gasteiger partial charge is 0.227 e. The minimum Gasteiger partial charge on any atom is -0.333 e. The van der Waals surface area contributed by atoms with E-state index in [-0.39, 0.29) is 30.5 Å².